The van der Waals surface area contributed by atoms with Gasteiger partial charge in [-0.15, -0.1) is 11.3 Å². The Morgan fingerprint density at radius 2 is 1.12 bits per heavy atom. The van der Waals surface area contributed by atoms with Crippen LogP contribution in [-0.2, 0) is 0 Å². The summed E-state index contributed by atoms with van der Waals surface area (Å²) in [4.78, 5) is 0. The summed E-state index contributed by atoms with van der Waals surface area (Å²) < 4.78 is 8.86. The van der Waals surface area contributed by atoms with E-state index in [1.165, 1.54) is 25.7 Å². The highest BCUT2D eigenvalue weighted by molar-refractivity contribution is 7.26. The second kappa shape index (κ2) is 6.96. The molecule has 0 amide bonds. The zero-order valence-corrected chi connectivity index (χ0v) is 18.5. The number of nitrogens with two attached hydrogens (primary N) is 1. The number of nitrogen functional groups attached to an aromatic ring is 1. The third-order valence-corrected chi connectivity index (χ3v) is 7.71. The number of hydrogen-bond donors (Lipinski definition) is 1. The van der Waals surface area contributed by atoms with E-state index in [1.807, 2.05) is 29.5 Å². The maximum atomic E-state index is 6.88. The van der Waals surface area contributed by atoms with Crippen LogP contribution in [0.4, 0.5) is 5.69 Å². The van der Waals surface area contributed by atoms with E-state index in [9.17, 15) is 0 Å². The fourth-order valence-corrected chi connectivity index (χ4v) is 6.18. The lowest BCUT2D eigenvalue weighted by molar-refractivity contribution is 0.670. The molecule has 0 atom stereocenters. The smallest absolute Gasteiger partial charge is 0.143 e. The van der Waals surface area contributed by atoms with Crippen molar-refractivity contribution in [2.75, 3.05) is 5.73 Å². The van der Waals surface area contributed by atoms with Crippen molar-refractivity contribution in [3.05, 3.63) is 103 Å². The summed E-state index contributed by atoms with van der Waals surface area (Å²) in [6.45, 7) is 0. The lowest BCUT2D eigenvalue weighted by Gasteiger charge is -2.13. The van der Waals surface area contributed by atoms with Crippen molar-refractivity contribution in [3.63, 3.8) is 0 Å². The summed E-state index contributed by atoms with van der Waals surface area (Å²) in [6.07, 6.45) is 0. The molecular formula is C30H19NOS. The van der Waals surface area contributed by atoms with Gasteiger partial charge in [-0.25, -0.2) is 0 Å². The van der Waals surface area contributed by atoms with Gasteiger partial charge in [0.05, 0.1) is 0 Å². The van der Waals surface area contributed by atoms with Crippen molar-refractivity contribution < 1.29 is 4.42 Å². The molecule has 2 N–H and O–H groups in total. The number of fused-ring (bicyclic) bond motifs is 6. The summed E-state index contributed by atoms with van der Waals surface area (Å²) in [5.74, 6) is 0. The van der Waals surface area contributed by atoms with Gasteiger partial charge in [0.2, 0.25) is 0 Å². The molecule has 33 heavy (non-hydrogen) atoms. The Kier molecular flexibility index (Phi) is 3.90. The van der Waals surface area contributed by atoms with Crippen LogP contribution in [0.25, 0.3) is 64.4 Å². The van der Waals surface area contributed by atoms with Gasteiger partial charge in [0.1, 0.15) is 11.2 Å². The SMILES string of the molecule is Nc1c(-c2cccc3c2oc2ccccc23)cccc1-c1cccc2c1sc1ccccc12. The number of hydrogen-bond acceptors (Lipinski definition) is 3. The predicted molar refractivity (Wildman–Crippen MR) is 142 cm³/mol. The highest BCUT2D eigenvalue weighted by Crippen LogP contribution is 2.44. The fraction of sp³-hybridized carbons (Fsp3) is 0. The van der Waals surface area contributed by atoms with Crippen LogP contribution in [0.3, 0.4) is 0 Å². The molecule has 0 saturated heterocycles. The predicted octanol–water partition coefficient (Wildman–Crippen LogP) is 8.87. The largest absolute Gasteiger partial charge is 0.455 e. The quantitative estimate of drug-likeness (QED) is 0.272. The van der Waals surface area contributed by atoms with Crippen molar-refractivity contribution in [1.29, 1.82) is 0 Å². The highest BCUT2D eigenvalue weighted by atomic mass is 32.1. The van der Waals surface area contributed by atoms with Gasteiger partial charge in [-0.2, -0.15) is 0 Å². The van der Waals surface area contributed by atoms with Gasteiger partial charge in [-0.05, 0) is 12.1 Å². The van der Waals surface area contributed by atoms with Crippen molar-refractivity contribution in [1.82, 2.24) is 0 Å². The molecule has 0 aliphatic heterocycles. The highest BCUT2D eigenvalue weighted by Gasteiger charge is 2.17. The topological polar surface area (TPSA) is 39.2 Å². The number of thiophene rings is 1. The minimum Gasteiger partial charge on any atom is -0.455 e. The summed E-state index contributed by atoms with van der Waals surface area (Å²) >= 11 is 1.82. The van der Waals surface area contributed by atoms with Crippen LogP contribution < -0.4 is 5.73 Å². The number of anilines is 1. The average molecular weight is 442 g/mol. The molecule has 0 bridgehead atoms. The Balaban J connectivity index is 1.49. The zero-order valence-electron chi connectivity index (χ0n) is 17.7. The molecule has 156 valence electrons. The Morgan fingerprint density at radius 3 is 2.00 bits per heavy atom. The van der Waals surface area contributed by atoms with E-state index < -0.39 is 0 Å². The monoisotopic (exact) mass is 441 g/mol. The maximum absolute atomic E-state index is 6.88. The first-order valence-electron chi connectivity index (χ1n) is 11.0. The Hall–Kier alpha value is -4.08. The Morgan fingerprint density at radius 1 is 0.515 bits per heavy atom. The number of furan rings is 1. The van der Waals surface area contributed by atoms with Crippen LogP contribution in [0.2, 0.25) is 0 Å². The molecule has 5 aromatic carbocycles. The van der Waals surface area contributed by atoms with E-state index in [4.69, 9.17) is 10.2 Å². The molecule has 7 aromatic rings. The number of rotatable bonds is 2. The van der Waals surface area contributed by atoms with Crippen molar-refractivity contribution in [2.45, 2.75) is 0 Å². The number of para-hydroxylation sites is 3. The summed E-state index contributed by atoms with van der Waals surface area (Å²) in [5.41, 5.74) is 13.7. The van der Waals surface area contributed by atoms with Crippen molar-refractivity contribution >= 4 is 59.1 Å². The van der Waals surface area contributed by atoms with Gasteiger partial charge >= 0.3 is 0 Å². The van der Waals surface area contributed by atoms with Crippen LogP contribution >= 0.6 is 11.3 Å². The summed E-state index contributed by atoms with van der Waals surface area (Å²) in [5, 5.41) is 4.80. The standard InChI is InChI=1S/C30H19NOS/c31-28-20(23-13-6-12-22-18-8-1-3-16-26(18)32-29(22)23)10-5-11-21(28)25-15-7-14-24-19-9-2-4-17-27(19)33-30(24)25/h1-17H,31H2. The zero-order chi connectivity index (χ0) is 21.9. The lowest BCUT2D eigenvalue weighted by atomic mass is 9.94. The summed E-state index contributed by atoms with van der Waals surface area (Å²) in [6, 6.07) is 35.9. The molecule has 2 aromatic heterocycles. The van der Waals surface area contributed by atoms with Gasteiger partial charge in [0.15, 0.2) is 0 Å². The molecule has 0 saturated carbocycles. The normalized spacial score (nSPS) is 11.8. The van der Waals surface area contributed by atoms with E-state index in [2.05, 4.69) is 84.9 Å². The van der Waals surface area contributed by atoms with Gasteiger partial charge in [-0.3, -0.25) is 0 Å². The molecule has 0 aliphatic rings. The van der Waals surface area contributed by atoms with Gasteiger partial charge < -0.3 is 10.2 Å². The second-order valence-corrected chi connectivity index (χ2v) is 9.38. The second-order valence-electron chi connectivity index (χ2n) is 8.33. The molecule has 0 unspecified atom stereocenters. The van der Waals surface area contributed by atoms with Gasteiger partial charge in [-0.1, -0.05) is 91.0 Å². The molecular weight excluding hydrogens is 422 g/mol. The lowest BCUT2D eigenvalue weighted by Crippen LogP contribution is -1.94. The Bertz CT molecular complexity index is 1710. The van der Waals surface area contributed by atoms with Crippen LogP contribution in [-0.4, -0.2) is 0 Å². The van der Waals surface area contributed by atoms with E-state index in [1.54, 1.807) is 0 Å². The van der Waals surface area contributed by atoms with Gasteiger partial charge in [0.25, 0.3) is 0 Å². The third kappa shape index (κ3) is 2.66. The van der Waals surface area contributed by atoms with E-state index in [-0.39, 0.29) is 0 Å². The van der Waals surface area contributed by atoms with Crippen LogP contribution in [0.1, 0.15) is 0 Å². The molecule has 0 fully saturated rings. The van der Waals surface area contributed by atoms with Gasteiger partial charge in [0, 0.05) is 58.9 Å². The molecule has 7 rings (SSSR count). The van der Waals surface area contributed by atoms with E-state index in [0.29, 0.717) is 0 Å². The third-order valence-electron chi connectivity index (χ3n) is 6.50. The fourth-order valence-electron chi connectivity index (χ4n) is 4.95. The first-order chi connectivity index (χ1) is 16.3. The van der Waals surface area contributed by atoms with E-state index >= 15 is 0 Å². The minimum atomic E-state index is 0.774. The first-order valence-corrected chi connectivity index (χ1v) is 11.8. The van der Waals surface area contributed by atoms with Crippen LogP contribution in [0.5, 0.6) is 0 Å². The first kappa shape index (κ1) is 18.5. The molecule has 2 nitrogen and oxygen atoms in total. The molecule has 0 radical (unpaired) electrons. The van der Waals surface area contributed by atoms with Crippen molar-refractivity contribution in [3.8, 4) is 22.3 Å². The van der Waals surface area contributed by atoms with E-state index in [0.717, 1.165) is 44.3 Å². The Labute approximate surface area is 194 Å². The number of benzene rings is 5. The molecule has 0 aliphatic carbocycles. The summed E-state index contributed by atoms with van der Waals surface area (Å²) in [7, 11) is 0. The maximum Gasteiger partial charge on any atom is 0.143 e. The van der Waals surface area contributed by atoms with Crippen LogP contribution in [0, 0.1) is 0 Å². The molecule has 2 heterocycles. The van der Waals surface area contributed by atoms with Crippen LogP contribution in [0.15, 0.2) is 108 Å². The molecule has 0 spiro atoms. The minimum absolute atomic E-state index is 0.774. The average Bonchev–Trinajstić information content (AvgIpc) is 3.43. The molecule has 3 heteroatoms. The van der Waals surface area contributed by atoms with Crippen molar-refractivity contribution in [2.24, 2.45) is 0 Å².